The summed E-state index contributed by atoms with van der Waals surface area (Å²) in [4.78, 5) is 1.04. The Balaban J connectivity index is 2.29. The van der Waals surface area contributed by atoms with Gasteiger partial charge in [0.15, 0.2) is 0 Å². The Hall–Kier alpha value is -0.870. The van der Waals surface area contributed by atoms with Crippen LogP contribution in [0.15, 0.2) is 15.9 Å². The number of halogens is 1. The van der Waals surface area contributed by atoms with Crippen LogP contribution in [0.3, 0.4) is 0 Å². The molecule has 0 aliphatic rings. The average molecular weight is 229 g/mol. The standard InChI is InChI=1S/C9H9ClN2OS/c1-6-3-5-14-8(6)9-12-11-7(13-9)2-4-10/h3,5H,2,4H2,1H3. The first-order valence-corrected chi connectivity index (χ1v) is 5.65. The van der Waals surface area contributed by atoms with Crippen LogP contribution in [0.5, 0.6) is 0 Å². The Labute approximate surface area is 90.7 Å². The summed E-state index contributed by atoms with van der Waals surface area (Å²) < 4.78 is 5.45. The molecule has 3 nitrogen and oxygen atoms in total. The van der Waals surface area contributed by atoms with E-state index in [4.69, 9.17) is 16.0 Å². The highest BCUT2D eigenvalue weighted by molar-refractivity contribution is 7.13. The van der Waals surface area contributed by atoms with Gasteiger partial charge in [-0.1, -0.05) is 0 Å². The van der Waals surface area contributed by atoms with Gasteiger partial charge >= 0.3 is 0 Å². The van der Waals surface area contributed by atoms with E-state index in [9.17, 15) is 0 Å². The molecule has 2 aromatic heterocycles. The van der Waals surface area contributed by atoms with Gasteiger partial charge in [0.1, 0.15) is 0 Å². The highest BCUT2D eigenvalue weighted by Crippen LogP contribution is 2.27. The molecule has 0 atom stereocenters. The minimum atomic E-state index is 0.505. The molecule has 0 fully saturated rings. The maximum absolute atomic E-state index is 5.58. The quantitative estimate of drug-likeness (QED) is 0.759. The number of alkyl halides is 1. The molecule has 0 aliphatic carbocycles. The van der Waals surface area contributed by atoms with Crippen LogP contribution < -0.4 is 0 Å². The van der Waals surface area contributed by atoms with Gasteiger partial charge in [-0.2, -0.15) is 0 Å². The summed E-state index contributed by atoms with van der Waals surface area (Å²) in [7, 11) is 0. The molecule has 0 bridgehead atoms. The normalized spacial score (nSPS) is 10.7. The molecule has 2 heterocycles. The smallest absolute Gasteiger partial charge is 0.257 e. The van der Waals surface area contributed by atoms with E-state index in [2.05, 4.69) is 10.2 Å². The summed E-state index contributed by atoms with van der Waals surface area (Å²) in [6.45, 7) is 2.03. The third kappa shape index (κ3) is 1.81. The van der Waals surface area contributed by atoms with Gasteiger partial charge in [0.05, 0.1) is 4.88 Å². The lowest BCUT2D eigenvalue weighted by atomic mass is 10.3. The molecule has 0 saturated carbocycles. The molecule has 74 valence electrons. The van der Waals surface area contributed by atoms with Gasteiger partial charge in [0, 0.05) is 12.3 Å². The van der Waals surface area contributed by atoms with Crippen molar-refractivity contribution in [3.63, 3.8) is 0 Å². The summed E-state index contributed by atoms with van der Waals surface area (Å²) in [6, 6.07) is 2.03. The molecular formula is C9H9ClN2OS. The highest BCUT2D eigenvalue weighted by atomic mass is 35.5. The van der Waals surface area contributed by atoms with E-state index in [0.29, 0.717) is 24.1 Å². The molecule has 0 aliphatic heterocycles. The van der Waals surface area contributed by atoms with E-state index in [1.54, 1.807) is 11.3 Å². The lowest BCUT2D eigenvalue weighted by Crippen LogP contribution is -1.84. The van der Waals surface area contributed by atoms with E-state index in [0.717, 1.165) is 10.4 Å². The number of aryl methyl sites for hydroxylation is 2. The fourth-order valence-electron chi connectivity index (χ4n) is 1.12. The molecule has 0 radical (unpaired) electrons. The summed E-state index contributed by atoms with van der Waals surface area (Å²) >= 11 is 7.18. The van der Waals surface area contributed by atoms with Crippen LogP contribution in [0.1, 0.15) is 11.5 Å². The minimum Gasteiger partial charge on any atom is -0.420 e. The van der Waals surface area contributed by atoms with Gasteiger partial charge in [-0.05, 0) is 23.9 Å². The van der Waals surface area contributed by atoms with E-state index in [-0.39, 0.29) is 0 Å². The van der Waals surface area contributed by atoms with Gasteiger partial charge in [0.25, 0.3) is 5.89 Å². The van der Waals surface area contributed by atoms with Crippen LogP contribution >= 0.6 is 22.9 Å². The first kappa shape index (κ1) is 9.68. The molecule has 2 aromatic rings. The van der Waals surface area contributed by atoms with Crippen molar-refractivity contribution in [3.8, 4) is 10.8 Å². The predicted octanol–water partition coefficient (Wildman–Crippen LogP) is 2.89. The summed E-state index contributed by atoms with van der Waals surface area (Å²) in [6.07, 6.45) is 0.624. The van der Waals surface area contributed by atoms with Crippen LogP contribution in [-0.2, 0) is 6.42 Å². The highest BCUT2D eigenvalue weighted by Gasteiger charge is 2.11. The Morgan fingerprint density at radius 3 is 3.00 bits per heavy atom. The lowest BCUT2D eigenvalue weighted by Gasteiger charge is -1.90. The first-order valence-electron chi connectivity index (χ1n) is 4.24. The van der Waals surface area contributed by atoms with Crippen molar-refractivity contribution < 1.29 is 4.42 Å². The zero-order valence-corrected chi connectivity index (χ0v) is 9.23. The predicted molar refractivity (Wildman–Crippen MR) is 56.8 cm³/mol. The average Bonchev–Trinajstić information content (AvgIpc) is 2.74. The Morgan fingerprint density at radius 1 is 1.50 bits per heavy atom. The third-order valence-corrected chi connectivity index (χ3v) is 3.02. The van der Waals surface area contributed by atoms with Crippen LogP contribution in [-0.4, -0.2) is 16.1 Å². The number of aromatic nitrogens is 2. The van der Waals surface area contributed by atoms with Gasteiger partial charge in [-0.3, -0.25) is 0 Å². The second kappa shape index (κ2) is 4.11. The van der Waals surface area contributed by atoms with Crippen molar-refractivity contribution in [1.82, 2.24) is 10.2 Å². The second-order valence-electron chi connectivity index (χ2n) is 2.87. The van der Waals surface area contributed by atoms with Crippen molar-refractivity contribution >= 4 is 22.9 Å². The van der Waals surface area contributed by atoms with Gasteiger partial charge < -0.3 is 4.42 Å². The third-order valence-electron chi connectivity index (χ3n) is 1.83. The molecule has 0 aromatic carbocycles. The maximum Gasteiger partial charge on any atom is 0.257 e. The topological polar surface area (TPSA) is 38.9 Å². The van der Waals surface area contributed by atoms with E-state index in [1.807, 2.05) is 18.4 Å². The molecule has 14 heavy (non-hydrogen) atoms. The Bertz CT molecular complexity index is 424. The number of nitrogens with zero attached hydrogens (tertiary/aromatic N) is 2. The molecule has 0 N–H and O–H groups in total. The van der Waals surface area contributed by atoms with Crippen molar-refractivity contribution in [2.75, 3.05) is 5.88 Å². The van der Waals surface area contributed by atoms with Gasteiger partial charge in [-0.15, -0.1) is 33.1 Å². The van der Waals surface area contributed by atoms with Crippen molar-refractivity contribution in [2.24, 2.45) is 0 Å². The van der Waals surface area contributed by atoms with Crippen LogP contribution in [0, 0.1) is 6.92 Å². The summed E-state index contributed by atoms with van der Waals surface area (Å²) in [5.74, 6) is 1.70. The van der Waals surface area contributed by atoms with Crippen molar-refractivity contribution in [3.05, 3.63) is 22.9 Å². The maximum atomic E-state index is 5.58. The van der Waals surface area contributed by atoms with E-state index < -0.39 is 0 Å². The monoisotopic (exact) mass is 228 g/mol. The Kier molecular flexibility index (Phi) is 2.84. The molecule has 0 spiro atoms. The largest absolute Gasteiger partial charge is 0.420 e. The summed E-state index contributed by atoms with van der Waals surface area (Å²) in [5.41, 5.74) is 1.16. The molecule has 0 saturated heterocycles. The van der Waals surface area contributed by atoms with Crippen LogP contribution in [0.2, 0.25) is 0 Å². The second-order valence-corrected chi connectivity index (χ2v) is 4.17. The van der Waals surface area contributed by atoms with Crippen molar-refractivity contribution in [2.45, 2.75) is 13.3 Å². The molecule has 5 heteroatoms. The SMILES string of the molecule is Cc1ccsc1-c1nnc(CCCl)o1. The molecular weight excluding hydrogens is 220 g/mol. The fraction of sp³-hybridized carbons (Fsp3) is 0.333. The molecule has 0 amide bonds. The zero-order chi connectivity index (χ0) is 9.97. The van der Waals surface area contributed by atoms with Crippen LogP contribution in [0.4, 0.5) is 0 Å². The molecule has 0 unspecified atom stereocenters. The van der Waals surface area contributed by atoms with Gasteiger partial charge in [-0.25, -0.2) is 0 Å². The minimum absolute atomic E-state index is 0.505. The van der Waals surface area contributed by atoms with E-state index >= 15 is 0 Å². The van der Waals surface area contributed by atoms with E-state index in [1.165, 1.54) is 0 Å². The summed E-state index contributed by atoms with van der Waals surface area (Å²) in [5, 5.41) is 9.89. The first-order chi connectivity index (χ1) is 6.81. The lowest BCUT2D eigenvalue weighted by molar-refractivity contribution is 0.514. The van der Waals surface area contributed by atoms with Crippen LogP contribution in [0.25, 0.3) is 10.8 Å². The number of hydrogen-bond acceptors (Lipinski definition) is 4. The number of rotatable bonds is 3. The van der Waals surface area contributed by atoms with Crippen molar-refractivity contribution in [1.29, 1.82) is 0 Å². The zero-order valence-electron chi connectivity index (χ0n) is 7.66. The fourth-order valence-corrected chi connectivity index (χ4v) is 2.13. The number of hydrogen-bond donors (Lipinski definition) is 0. The number of thiophene rings is 1. The molecule has 2 rings (SSSR count). The Morgan fingerprint density at radius 2 is 2.36 bits per heavy atom. The van der Waals surface area contributed by atoms with Gasteiger partial charge in [0.2, 0.25) is 5.89 Å².